The number of hydrogen-bond donors (Lipinski definition) is 0. The summed E-state index contributed by atoms with van der Waals surface area (Å²) in [6.07, 6.45) is 0. The molecule has 0 spiro atoms. The molecule has 0 aliphatic carbocycles. The van der Waals surface area contributed by atoms with E-state index in [1.165, 1.54) is 5.40 Å². The molecule has 0 saturated heterocycles. The number of nitrogens with zero attached hydrogens (tertiary/aromatic N) is 1. The van der Waals surface area contributed by atoms with E-state index in [2.05, 4.69) is 12.6 Å². The van der Waals surface area contributed by atoms with Gasteiger partial charge in [0.25, 0.3) is 0 Å². The van der Waals surface area contributed by atoms with Crippen molar-refractivity contribution in [1.82, 2.24) is 0 Å². The standard InChI is InChI=1S/CHNS.K.Mo.H/c2-1-3;;;/h3H;;;/q;+1;;-1/p-1. The van der Waals surface area contributed by atoms with Gasteiger partial charge in [-0.15, -0.1) is 0 Å². The topological polar surface area (TPSA) is 23.8 Å². The third-order valence-corrected chi connectivity index (χ3v) is 0. The van der Waals surface area contributed by atoms with Gasteiger partial charge in [-0.2, -0.15) is 0 Å². The zero-order chi connectivity index (χ0) is 2.71. The fourth-order valence-electron chi connectivity index (χ4n) is 0. The first-order valence-electron chi connectivity index (χ1n) is 0.428. The second kappa shape index (κ2) is 16.6. The van der Waals surface area contributed by atoms with Gasteiger partial charge in [-0.25, -0.2) is 5.26 Å². The fourth-order valence-corrected chi connectivity index (χ4v) is 0. The van der Waals surface area contributed by atoms with Crippen LogP contribution in [0, 0.1) is 10.7 Å². The van der Waals surface area contributed by atoms with E-state index >= 15 is 0 Å². The molecule has 1 nitrogen and oxygen atoms in total. The smallest absolute Gasteiger partial charge is 1.00 e. The van der Waals surface area contributed by atoms with Crippen LogP contribution >= 0.6 is 0 Å². The predicted octanol–water partition coefficient (Wildman–Crippen LogP) is -2.87. The first-order valence-corrected chi connectivity index (χ1v) is 0.836. The fraction of sp³-hybridized carbons (Fsp3) is 0. The van der Waals surface area contributed by atoms with Gasteiger partial charge in [-0.3, -0.25) is 0 Å². The third kappa shape index (κ3) is 23.7. The van der Waals surface area contributed by atoms with Crippen LogP contribution in [-0.4, -0.2) is 0 Å². The second-order valence-electron chi connectivity index (χ2n) is 0.0913. The molecule has 24 valence electrons. The van der Waals surface area contributed by atoms with E-state index in [-0.39, 0.29) is 73.9 Å². The molecule has 5 heavy (non-hydrogen) atoms. The van der Waals surface area contributed by atoms with E-state index in [4.69, 9.17) is 5.26 Å². The van der Waals surface area contributed by atoms with Crippen molar-refractivity contribution in [2.45, 2.75) is 0 Å². The first-order chi connectivity index (χ1) is 1.41. The van der Waals surface area contributed by atoms with Gasteiger partial charge in [0.15, 0.2) is 0 Å². The summed E-state index contributed by atoms with van der Waals surface area (Å²) >= 11 is 3.70. The van der Waals surface area contributed by atoms with Gasteiger partial charge >= 0.3 is 51.4 Å². The van der Waals surface area contributed by atoms with Crippen molar-refractivity contribution in [3.05, 3.63) is 0 Å². The molecule has 0 aromatic heterocycles. The Balaban J connectivity index is -0.00000000667. The van der Waals surface area contributed by atoms with Crippen LogP contribution in [0.25, 0.3) is 0 Å². The monoisotopic (exact) mass is 196 g/mol. The predicted molar refractivity (Wildman–Crippen MR) is 14.1 cm³/mol. The van der Waals surface area contributed by atoms with Gasteiger partial charge in [0.1, 0.15) is 0 Å². The molecule has 0 heterocycles. The van der Waals surface area contributed by atoms with Gasteiger partial charge in [0, 0.05) is 21.1 Å². The second-order valence-corrected chi connectivity index (χ2v) is 0.274. The first kappa shape index (κ1) is 15.7. The number of nitriles is 1. The van der Waals surface area contributed by atoms with Crippen molar-refractivity contribution in [3.8, 4) is 5.40 Å². The number of rotatable bonds is 0. The summed E-state index contributed by atoms with van der Waals surface area (Å²) in [5.74, 6) is 0. The van der Waals surface area contributed by atoms with Crippen molar-refractivity contribution >= 4 is 12.6 Å². The maximum Gasteiger partial charge on any atom is 1.00 e. The zero-order valence-corrected chi connectivity index (χ0v) is 8.71. The number of thiocyanates is 1. The molecule has 0 fully saturated rings. The van der Waals surface area contributed by atoms with Crippen molar-refractivity contribution in [3.63, 3.8) is 0 Å². The van der Waals surface area contributed by atoms with E-state index in [1.54, 1.807) is 0 Å². The van der Waals surface area contributed by atoms with Gasteiger partial charge in [0.2, 0.25) is 0 Å². The van der Waals surface area contributed by atoms with E-state index in [0.29, 0.717) is 0 Å². The van der Waals surface area contributed by atoms with Crippen LogP contribution in [0.1, 0.15) is 1.43 Å². The Bertz CT molecular complexity index is 37.0. The molecule has 0 aromatic carbocycles. The maximum absolute atomic E-state index is 7.13. The number of hydrogen-bond acceptors (Lipinski definition) is 2. The van der Waals surface area contributed by atoms with E-state index in [0.717, 1.165) is 0 Å². The summed E-state index contributed by atoms with van der Waals surface area (Å²) < 4.78 is 0. The molecule has 4 heteroatoms. The molecule has 0 radical (unpaired) electrons. The Morgan fingerprint density at radius 2 is 1.80 bits per heavy atom. The van der Waals surface area contributed by atoms with Gasteiger partial charge in [-0.05, 0) is 0 Å². The molecule has 0 aromatic rings. The Labute approximate surface area is 95.1 Å². The maximum atomic E-state index is 7.13. The molecule has 0 unspecified atom stereocenters. The van der Waals surface area contributed by atoms with Crippen LogP contribution in [0.15, 0.2) is 0 Å². The third-order valence-electron chi connectivity index (χ3n) is 0. The average molecular weight is 194 g/mol. The van der Waals surface area contributed by atoms with Crippen LogP contribution in [0.2, 0.25) is 0 Å². The molecule has 0 rings (SSSR count). The quantitative estimate of drug-likeness (QED) is 0.235. The Kier molecular flexibility index (Phi) is 52.3. The summed E-state index contributed by atoms with van der Waals surface area (Å²) in [6.45, 7) is 0. The van der Waals surface area contributed by atoms with Crippen LogP contribution in [0.3, 0.4) is 0 Å². The largest absolute Gasteiger partial charge is 1.00 e. The zero-order valence-electron chi connectivity index (χ0n) is 3.76. The van der Waals surface area contributed by atoms with Crippen LogP contribution in [-0.2, 0) is 33.7 Å². The summed E-state index contributed by atoms with van der Waals surface area (Å²) in [4.78, 5) is 0. The van der Waals surface area contributed by atoms with Crippen molar-refractivity contribution in [2.75, 3.05) is 0 Å². The summed E-state index contributed by atoms with van der Waals surface area (Å²) in [5, 5.41) is 8.47. The van der Waals surface area contributed by atoms with Gasteiger partial charge in [-0.1, -0.05) is 5.40 Å². The molecular weight excluding hydrogens is 193 g/mol. The Morgan fingerprint density at radius 1 is 1.80 bits per heavy atom. The molecule has 0 N–H and O–H groups in total. The molecular formula is CHKMoNS-. The molecule has 0 atom stereocenters. The SMILES string of the molecule is N#C[S-].[H-].[K+].[Mo]. The minimum absolute atomic E-state index is 0. The minimum Gasteiger partial charge on any atom is -1.00 e. The van der Waals surface area contributed by atoms with E-state index in [1.807, 2.05) is 0 Å². The summed E-state index contributed by atoms with van der Waals surface area (Å²) in [6, 6.07) is 0. The summed E-state index contributed by atoms with van der Waals surface area (Å²) in [5.41, 5.74) is 0. The van der Waals surface area contributed by atoms with Crippen molar-refractivity contribution < 1.29 is 73.9 Å². The van der Waals surface area contributed by atoms with Crippen LogP contribution < -0.4 is 51.4 Å². The average Bonchev–Trinajstić information content (AvgIpc) is 0.918. The van der Waals surface area contributed by atoms with Crippen LogP contribution in [0.4, 0.5) is 0 Å². The minimum atomic E-state index is 0. The Hall–Kier alpha value is 2.03. The van der Waals surface area contributed by atoms with E-state index < -0.39 is 0 Å². The van der Waals surface area contributed by atoms with Crippen LogP contribution in [0.5, 0.6) is 0 Å². The summed E-state index contributed by atoms with van der Waals surface area (Å²) in [7, 11) is 0. The molecule has 0 saturated carbocycles. The molecule has 0 aliphatic rings. The van der Waals surface area contributed by atoms with Crippen molar-refractivity contribution in [2.24, 2.45) is 0 Å². The normalized spacial score (nSPS) is 1.40. The van der Waals surface area contributed by atoms with Gasteiger partial charge < -0.3 is 14.1 Å². The van der Waals surface area contributed by atoms with E-state index in [9.17, 15) is 0 Å². The molecule has 0 aliphatic heterocycles. The Morgan fingerprint density at radius 3 is 1.80 bits per heavy atom. The molecule has 0 bridgehead atoms. The van der Waals surface area contributed by atoms with Crippen molar-refractivity contribution in [1.29, 1.82) is 5.26 Å². The molecule has 0 amide bonds. The van der Waals surface area contributed by atoms with Gasteiger partial charge in [0.05, 0.1) is 0 Å².